The molecule has 4 heteroatoms. The van der Waals surface area contributed by atoms with Crippen molar-refractivity contribution in [2.45, 2.75) is 58.3 Å². The molecule has 0 bridgehead atoms. The zero-order valence-corrected chi connectivity index (χ0v) is 15.1. The number of nitrogens with one attached hydrogen (secondary N) is 1. The van der Waals surface area contributed by atoms with E-state index in [1.54, 1.807) is 0 Å². The van der Waals surface area contributed by atoms with Gasteiger partial charge in [0.15, 0.2) is 0 Å². The first-order valence-electron chi connectivity index (χ1n) is 8.05. The lowest BCUT2D eigenvalue weighted by Crippen LogP contribution is -2.36. The lowest BCUT2D eigenvalue weighted by atomic mass is 10.1. The van der Waals surface area contributed by atoms with Gasteiger partial charge in [-0.15, -0.1) is 11.3 Å². The van der Waals surface area contributed by atoms with Gasteiger partial charge in [0, 0.05) is 41.0 Å². The summed E-state index contributed by atoms with van der Waals surface area (Å²) in [6.07, 6.45) is 2.71. The number of rotatable bonds is 6. The lowest BCUT2D eigenvalue weighted by molar-refractivity contribution is 0.216. The highest BCUT2D eigenvalue weighted by Gasteiger charge is 2.22. The number of nitrogens with zero attached hydrogens (tertiary/aromatic N) is 2. The Bertz CT molecular complexity index is 435. The molecule has 21 heavy (non-hydrogen) atoms. The van der Waals surface area contributed by atoms with Crippen LogP contribution in [0.1, 0.15) is 43.4 Å². The van der Waals surface area contributed by atoms with E-state index in [0.29, 0.717) is 0 Å². The van der Waals surface area contributed by atoms with Crippen LogP contribution in [0.4, 0.5) is 0 Å². The molecule has 1 aliphatic rings. The predicted molar refractivity (Wildman–Crippen MR) is 92.9 cm³/mol. The second-order valence-electron chi connectivity index (χ2n) is 7.44. The fraction of sp³-hybridized carbons (Fsp3) is 0.765. The second-order valence-corrected chi connectivity index (χ2v) is 8.70. The van der Waals surface area contributed by atoms with E-state index in [0.717, 1.165) is 19.1 Å². The van der Waals surface area contributed by atoms with Crippen molar-refractivity contribution in [3.05, 3.63) is 21.9 Å². The van der Waals surface area contributed by atoms with Crippen LogP contribution in [0.15, 0.2) is 12.1 Å². The fourth-order valence-electron chi connectivity index (χ4n) is 2.85. The van der Waals surface area contributed by atoms with Gasteiger partial charge in [-0.1, -0.05) is 0 Å². The van der Waals surface area contributed by atoms with E-state index in [-0.39, 0.29) is 5.54 Å². The first kappa shape index (κ1) is 16.9. The summed E-state index contributed by atoms with van der Waals surface area (Å²) in [6.45, 7) is 11.1. The smallest absolute Gasteiger partial charge is 0.0325 e. The van der Waals surface area contributed by atoms with Crippen LogP contribution in [0.5, 0.6) is 0 Å². The van der Waals surface area contributed by atoms with Crippen LogP contribution < -0.4 is 5.32 Å². The van der Waals surface area contributed by atoms with E-state index in [4.69, 9.17) is 0 Å². The van der Waals surface area contributed by atoms with E-state index in [2.05, 4.69) is 62.1 Å². The molecule has 0 spiro atoms. The zero-order valence-electron chi connectivity index (χ0n) is 14.3. The molecule has 0 aliphatic carbocycles. The summed E-state index contributed by atoms with van der Waals surface area (Å²) < 4.78 is 0. The molecule has 1 aromatic heterocycles. The quantitative estimate of drug-likeness (QED) is 0.871. The first-order chi connectivity index (χ1) is 9.83. The SMILES string of the molecule is CN(Cc1ccc(CNC(C)(C)C)s1)CC1CCCN1C. The van der Waals surface area contributed by atoms with Crippen molar-refractivity contribution in [1.82, 2.24) is 15.1 Å². The second kappa shape index (κ2) is 7.23. The largest absolute Gasteiger partial charge is 0.307 e. The summed E-state index contributed by atoms with van der Waals surface area (Å²) in [5.41, 5.74) is 0.188. The molecule has 2 heterocycles. The lowest BCUT2D eigenvalue weighted by Gasteiger charge is -2.25. The normalized spacial score (nSPS) is 20.6. The van der Waals surface area contributed by atoms with Crippen LogP contribution >= 0.6 is 11.3 Å². The van der Waals surface area contributed by atoms with E-state index in [9.17, 15) is 0 Å². The Morgan fingerprint density at radius 3 is 2.67 bits per heavy atom. The standard InChI is InChI=1S/C17H31N3S/c1-17(2,3)18-11-15-8-9-16(21-15)13-19(4)12-14-7-6-10-20(14)5/h8-9,14,18H,6-7,10-13H2,1-5H3. The molecular formula is C17H31N3S. The number of hydrogen-bond donors (Lipinski definition) is 1. The third-order valence-electron chi connectivity index (χ3n) is 4.13. The number of thiophene rings is 1. The maximum absolute atomic E-state index is 3.56. The molecule has 0 radical (unpaired) electrons. The van der Waals surface area contributed by atoms with Crippen molar-refractivity contribution >= 4 is 11.3 Å². The van der Waals surface area contributed by atoms with E-state index < -0.39 is 0 Å². The molecule has 1 aromatic rings. The average Bonchev–Trinajstić information content (AvgIpc) is 2.96. The van der Waals surface area contributed by atoms with Gasteiger partial charge in [0.05, 0.1) is 0 Å². The molecule has 120 valence electrons. The highest BCUT2D eigenvalue weighted by Crippen LogP contribution is 2.20. The van der Waals surface area contributed by atoms with Crippen molar-refractivity contribution in [1.29, 1.82) is 0 Å². The predicted octanol–water partition coefficient (Wildman–Crippen LogP) is 3.16. The topological polar surface area (TPSA) is 18.5 Å². The minimum atomic E-state index is 0.188. The highest BCUT2D eigenvalue weighted by molar-refractivity contribution is 7.11. The van der Waals surface area contributed by atoms with Gasteiger partial charge in [-0.3, -0.25) is 4.90 Å². The molecule has 0 aromatic carbocycles. The summed E-state index contributed by atoms with van der Waals surface area (Å²) in [5.74, 6) is 0. The van der Waals surface area contributed by atoms with Crippen molar-refractivity contribution < 1.29 is 0 Å². The fourth-order valence-corrected chi connectivity index (χ4v) is 3.89. The number of likely N-dealkylation sites (tertiary alicyclic amines) is 1. The molecule has 1 aliphatic heterocycles. The molecule has 1 fully saturated rings. The zero-order chi connectivity index (χ0) is 15.5. The van der Waals surface area contributed by atoms with Gasteiger partial charge in [-0.05, 0) is 66.4 Å². The molecular weight excluding hydrogens is 278 g/mol. The summed E-state index contributed by atoms with van der Waals surface area (Å²) in [4.78, 5) is 7.89. The summed E-state index contributed by atoms with van der Waals surface area (Å²) >= 11 is 1.94. The van der Waals surface area contributed by atoms with Crippen LogP contribution in [-0.2, 0) is 13.1 Å². The molecule has 0 saturated carbocycles. The monoisotopic (exact) mass is 309 g/mol. The summed E-state index contributed by atoms with van der Waals surface area (Å²) in [5, 5.41) is 3.56. The molecule has 0 amide bonds. The molecule has 1 unspecified atom stereocenters. The van der Waals surface area contributed by atoms with Crippen LogP contribution in [0, 0.1) is 0 Å². The minimum Gasteiger partial charge on any atom is -0.307 e. The average molecular weight is 310 g/mol. The minimum absolute atomic E-state index is 0.188. The Morgan fingerprint density at radius 1 is 1.33 bits per heavy atom. The molecule has 2 rings (SSSR count). The van der Waals surface area contributed by atoms with Crippen LogP contribution in [0.2, 0.25) is 0 Å². The molecule has 1 N–H and O–H groups in total. The Hall–Kier alpha value is -0.420. The van der Waals surface area contributed by atoms with Gasteiger partial charge in [-0.25, -0.2) is 0 Å². The van der Waals surface area contributed by atoms with Gasteiger partial charge in [0.25, 0.3) is 0 Å². The van der Waals surface area contributed by atoms with Crippen molar-refractivity contribution in [3.63, 3.8) is 0 Å². The molecule has 1 saturated heterocycles. The Balaban J connectivity index is 1.78. The third kappa shape index (κ3) is 5.70. The maximum Gasteiger partial charge on any atom is 0.0325 e. The number of likely N-dealkylation sites (N-methyl/N-ethyl adjacent to an activating group) is 2. The van der Waals surface area contributed by atoms with Gasteiger partial charge < -0.3 is 10.2 Å². The highest BCUT2D eigenvalue weighted by atomic mass is 32.1. The van der Waals surface area contributed by atoms with Gasteiger partial charge in [0.2, 0.25) is 0 Å². The van der Waals surface area contributed by atoms with Gasteiger partial charge in [0.1, 0.15) is 0 Å². The van der Waals surface area contributed by atoms with Crippen LogP contribution in [-0.4, -0.2) is 48.6 Å². The Morgan fingerprint density at radius 2 is 2.05 bits per heavy atom. The maximum atomic E-state index is 3.56. The van der Waals surface area contributed by atoms with Crippen LogP contribution in [0.3, 0.4) is 0 Å². The molecule has 3 nitrogen and oxygen atoms in total. The van der Waals surface area contributed by atoms with E-state index >= 15 is 0 Å². The van der Waals surface area contributed by atoms with Crippen molar-refractivity contribution in [2.75, 3.05) is 27.2 Å². The van der Waals surface area contributed by atoms with E-state index in [1.807, 2.05) is 11.3 Å². The van der Waals surface area contributed by atoms with Crippen molar-refractivity contribution in [2.24, 2.45) is 0 Å². The Kier molecular flexibility index (Phi) is 5.83. The van der Waals surface area contributed by atoms with Crippen molar-refractivity contribution in [3.8, 4) is 0 Å². The van der Waals surface area contributed by atoms with Gasteiger partial charge in [-0.2, -0.15) is 0 Å². The summed E-state index contributed by atoms with van der Waals surface area (Å²) in [6, 6.07) is 5.31. The first-order valence-corrected chi connectivity index (χ1v) is 8.86. The van der Waals surface area contributed by atoms with E-state index in [1.165, 1.54) is 35.7 Å². The Labute approximate surface area is 134 Å². The molecule has 1 atom stereocenters. The number of hydrogen-bond acceptors (Lipinski definition) is 4. The summed E-state index contributed by atoms with van der Waals surface area (Å²) in [7, 11) is 4.51. The van der Waals surface area contributed by atoms with Gasteiger partial charge >= 0.3 is 0 Å². The van der Waals surface area contributed by atoms with Crippen LogP contribution in [0.25, 0.3) is 0 Å². The third-order valence-corrected chi connectivity index (χ3v) is 5.20.